The van der Waals surface area contributed by atoms with Gasteiger partial charge in [0.2, 0.25) is 0 Å². The van der Waals surface area contributed by atoms with Gasteiger partial charge >= 0.3 is 5.97 Å². The maximum Gasteiger partial charge on any atom is 0.305 e. The molecular weight excluding hydrogens is 294 g/mol. The Labute approximate surface area is 134 Å². The highest BCUT2D eigenvalue weighted by atomic mass is 16.4. The molecule has 7 nitrogen and oxygen atoms in total. The Morgan fingerprint density at radius 3 is 3.04 bits per heavy atom. The molecule has 7 heteroatoms. The van der Waals surface area contributed by atoms with Crippen molar-refractivity contribution in [2.75, 3.05) is 11.9 Å². The Hall–Kier alpha value is -2.44. The van der Waals surface area contributed by atoms with E-state index in [1.54, 1.807) is 6.20 Å². The van der Waals surface area contributed by atoms with E-state index < -0.39 is 5.97 Å². The monoisotopic (exact) mass is 315 g/mol. The highest BCUT2D eigenvalue weighted by Gasteiger charge is 2.10. The van der Waals surface area contributed by atoms with Crippen LogP contribution in [0.3, 0.4) is 0 Å². The summed E-state index contributed by atoms with van der Waals surface area (Å²) in [5.41, 5.74) is 3.30. The molecule has 0 saturated carbocycles. The highest BCUT2D eigenvalue weighted by molar-refractivity contribution is 5.66. The Morgan fingerprint density at radius 1 is 1.30 bits per heavy atom. The molecule has 0 aromatic carbocycles. The first kappa shape index (κ1) is 15.5. The van der Waals surface area contributed by atoms with Crippen LogP contribution in [0, 0.1) is 0 Å². The summed E-state index contributed by atoms with van der Waals surface area (Å²) in [7, 11) is 0. The maximum absolute atomic E-state index is 10.5. The molecule has 0 fully saturated rings. The summed E-state index contributed by atoms with van der Waals surface area (Å²) in [5, 5.41) is 20.4. The number of aromatic nitrogens is 4. The van der Waals surface area contributed by atoms with Crippen LogP contribution in [0.2, 0.25) is 0 Å². The van der Waals surface area contributed by atoms with Gasteiger partial charge in [-0.2, -0.15) is 15.0 Å². The third kappa shape index (κ3) is 4.28. The fourth-order valence-corrected chi connectivity index (χ4v) is 2.71. The van der Waals surface area contributed by atoms with Crippen LogP contribution in [0.5, 0.6) is 0 Å². The molecular formula is C16H21N5O2. The number of aliphatic carboxylic acids is 1. The number of fused-ring (bicyclic) bond motifs is 1. The smallest absolute Gasteiger partial charge is 0.305 e. The number of hydrogen-bond donors (Lipinski definition) is 2. The van der Waals surface area contributed by atoms with Gasteiger partial charge in [-0.25, -0.2) is 4.98 Å². The van der Waals surface area contributed by atoms with Crippen LogP contribution in [-0.4, -0.2) is 37.6 Å². The zero-order valence-electron chi connectivity index (χ0n) is 13.0. The van der Waals surface area contributed by atoms with Crippen molar-refractivity contribution in [2.24, 2.45) is 0 Å². The second kappa shape index (κ2) is 7.21. The summed E-state index contributed by atoms with van der Waals surface area (Å²) >= 11 is 0. The first-order valence-corrected chi connectivity index (χ1v) is 8.04. The van der Waals surface area contributed by atoms with Crippen molar-refractivity contribution in [2.45, 2.75) is 45.1 Å². The van der Waals surface area contributed by atoms with Gasteiger partial charge < -0.3 is 10.4 Å². The standard InChI is InChI=1S/C16H21N5O2/c22-15(23)8-10-21-18-11-14(20-21)5-1-4-13-7-6-12-3-2-9-17-16(12)19-13/h6-7,11H,1-5,8-10H2,(H,17,19)(H,22,23). The SMILES string of the molecule is O=C(O)CCn1ncc(CCCc2ccc3c(n2)NCCC3)n1. The number of nitrogens with one attached hydrogen (secondary N) is 1. The number of rotatable bonds is 7. The van der Waals surface area contributed by atoms with Gasteiger partial charge in [-0.05, 0) is 43.7 Å². The van der Waals surface area contributed by atoms with E-state index >= 15 is 0 Å². The van der Waals surface area contributed by atoms with E-state index in [1.807, 2.05) is 0 Å². The van der Waals surface area contributed by atoms with Crippen LogP contribution >= 0.6 is 0 Å². The van der Waals surface area contributed by atoms with Gasteiger partial charge in [-0.15, -0.1) is 0 Å². The lowest BCUT2D eigenvalue weighted by Crippen LogP contribution is -2.14. The number of carboxylic acids is 1. The maximum atomic E-state index is 10.5. The van der Waals surface area contributed by atoms with Gasteiger partial charge in [-0.3, -0.25) is 4.79 Å². The van der Waals surface area contributed by atoms with Crippen LogP contribution < -0.4 is 5.32 Å². The van der Waals surface area contributed by atoms with E-state index in [0.717, 1.165) is 49.4 Å². The fourth-order valence-electron chi connectivity index (χ4n) is 2.71. The van der Waals surface area contributed by atoms with Gasteiger partial charge in [0.1, 0.15) is 5.82 Å². The number of carbonyl (C=O) groups is 1. The van der Waals surface area contributed by atoms with Gasteiger partial charge in [-0.1, -0.05) is 6.07 Å². The van der Waals surface area contributed by atoms with Crippen molar-refractivity contribution < 1.29 is 9.90 Å². The number of aryl methyl sites for hydroxylation is 4. The summed E-state index contributed by atoms with van der Waals surface area (Å²) in [6, 6.07) is 4.28. The number of nitrogens with zero attached hydrogens (tertiary/aromatic N) is 4. The van der Waals surface area contributed by atoms with Crippen molar-refractivity contribution in [1.29, 1.82) is 0 Å². The quantitative estimate of drug-likeness (QED) is 0.807. The average molecular weight is 315 g/mol. The summed E-state index contributed by atoms with van der Waals surface area (Å²) in [6.45, 7) is 1.32. The van der Waals surface area contributed by atoms with Crippen LogP contribution in [0.15, 0.2) is 18.3 Å². The Balaban J connectivity index is 1.48. The van der Waals surface area contributed by atoms with Gasteiger partial charge in [0.25, 0.3) is 0 Å². The number of pyridine rings is 1. The van der Waals surface area contributed by atoms with Crippen molar-refractivity contribution in [3.8, 4) is 0 Å². The molecule has 0 saturated heterocycles. The van der Waals surface area contributed by atoms with Crippen molar-refractivity contribution in [3.63, 3.8) is 0 Å². The summed E-state index contributed by atoms with van der Waals surface area (Å²) in [5.74, 6) is 0.198. The van der Waals surface area contributed by atoms with Crippen LogP contribution in [-0.2, 0) is 30.6 Å². The van der Waals surface area contributed by atoms with Crippen molar-refractivity contribution >= 4 is 11.8 Å². The molecule has 0 spiro atoms. The number of carboxylic acid groups (broad SMARTS) is 1. The van der Waals surface area contributed by atoms with Crippen LogP contribution in [0.1, 0.15) is 36.2 Å². The second-order valence-corrected chi connectivity index (χ2v) is 5.77. The highest BCUT2D eigenvalue weighted by Crippen LogP contribution is 2.20. The molecule has 1 aliphatic rings. The van der Waals surface area contributed by atoms with Crippen molar-refractivity contribution in [3.05, 3.63) is 35.3 Å². The third-order valence-electron chi connectivity index (χ3n) is 3.93. The third-order valence-corrected chi connectivity index (χ3v) is 3.93. The van der Waals surface area contributed by atoms with E-state index in [0.29, 0.717) is 6.54 Å². The lowest BCUT2D eigenvalue weighted by atomic mass is 10.1. The van der Waals surface area contributed by atoms with Gasteiger partial charge in [0, 0.05) is 12.2 Å². The van der Waals surface area contributed by atoms with Gasteiger partial charge in [0.15, 0.2) is 0 Å². The second-order valence-electron chi connectivity index (χ2n) is 5.77. The Morgan fingerprint density at radius 2 is 2.17 bits per heavy atom. The summed E-state index contributed by atoms with van der Waals surface area (Å²) < 4.78 is 0. The van der Waals surface area contributed by atoms with E-state index in [9.17, 15) is 4.79 Å². The molecule has 23 heavy (non-hydrogen) atoms. The first-order chi connectivity index (χ1) is 11.2. The molecule has 0 radical (unpaired) electrons. The minimum Gasteiger partial charge on any atom is -0.481 e. The van der Waals surface area contributed by atoms with E-state index in [-0.39, 0.29) is 6.42 Å². The molecule has 3 heterocycles. The fraction of sp³-hybridized carbons (Fsp3) is 0.500. The average Bonchev–Trinajstić information content (AvgIpc) is 3.01. The molecule has 0 aliphatic carbocycles. The van der Waals surface area contributed by atoms with Crippen LogP contribution in [0.4, 0.5) is 5.82 Å². The first-order valence-electron chi connectivity index (χ1n) is 8.04. The Bertz CT molecular complexity index is 683. The molecule has 0 atom stereocenters. The lowest BCUT2D eigenvalue weighted by molar-refractivity contribution is -0.137. The largest absolute Gasteiger partial charge is 0.481 e. The lowest BCUT2D eigenvalue weighted by Gasteiger charge is -2.17. The number of hydrogen-bond acceptors (Lipinski definition) is 5. The minimum absolute atomic E-state index is 0.0418. The Kier molecular flexibility index (Phi) is 4.85. The molecule has 0 bridgehead atoms. The molecule has 3 rings (SSSR count). The molecule has 2 aromatic rings. The molecule has 1 aliphatic heterocycles. The van der Waals surface area contributed by atoms with E-state index in [2.05, 4.69) is 32.6 Å². The normalized spacial score (nSPS) is 13.4. The van der Waals surface area contributed by atoms with Crippen molar-refractivity contribution in [1.82, 2.24) is 20.0 Å². The predicted octanol–water partition coefficient (Wildman–Crippen LogP) is 1.68. The minimum atomic E-state index is -0.837. The topological polar surface area (TPSA) is 92.9 Å². The zero-order valence-corrected chi connectivity index (χ0v) is 13.0. The predicted molar refractivity (Wildman–Crippen MR) is 85.3 cm³/mol. The summed E-state index contributed by atoms with van der Waals surface area (Å²) in [6.07, 6.45) is 6.70. The van der Waals surface area contributed by atoms with E-state index in [1.165, 1.54) is 16.8 Å². The molecule has 2 N–H and O–H groups in total. The van der Waals surface area contributed by atoms with E-state index in [4.69, 9.17) is 5.11 Å². The molecule has 0 unspecified atom stereocenters. The molecule has 2 aromatic heterocycles. The molecule has 0 amide bonds. The van der Waals surface area contributed by atoms with Gasteiger partial charge in [0.05, 0.1) is 24.9 Å². The summed E-state index contributed by atoms with van der Waals surface area (Å²) in [4.78, 5) is 16.7. The molecule has 122 valence electrons. The van der Waals surface area contributed by atoms with Crippen LogP contribution in [0.25, 0.3) is 0 Å². The number of anilines is 1. The zero-order chi connectivity index (χ0) is 16.1.